The first-order chi connectivity index (χ1) is 14.3. The van der Waals surface area contributed by atoms with Gasteiger partial charge in [-0.15, -0.1) is 0 Å². The van der Waals surface area contributed by atoms with Crippen molar-refractivity contribution >= 4 is 23.4 Å². The van der Waals surface area contributed by atoms with Crippen LogP contribution in [0.25, 0.3) is 0 Å². The second kappa shape index (κ2) is 11.0. The van der Waals surface area contributed by atoms with Gasteiger partial charge >= 0.3 is 0 Å². The highest BCUT2D eigenvalue weighted by molar-refractivity contribution is 5.93. The molecule has 3 amide bonds. The highest BCUT2D eigenvalue weighted by Gasteiger charge is 2.17. The van der Waals surface area contributed by atoms with Crippen LogP contribution in [0.4, 0.5) is 5.69 Å². The molecule has 2 aromatic rings. The molecule has 0 bridgehead atoms. The zero-order chi connectivity index (χ0) is 22.0. The van der Waals surface area contributed by atoms with E-state index in [4.69, 9.17) is 4.74 Å². The van der Waals surface area contributed by atoms with Crippen LogP contribution in [0.1, 0.15) is 45.6 Å². The van der Waals surface area contributed by atoms with Crippen molar-refractivity contribution in [2.75, 3.05) is 11.9 Å². The van der Waals surface area contributed by atoms with E-state index in [9.17, 15) is 14.4 Å². The largest absolute Gasteiger partial charge is 0.484 e. The van der Waals surface area contributed by atoms with Gasteiger partial charge in [0.25, 0.3) is 5.91 Å². The molecule has 3 N–H and O–H groups in total. The Kier molecular flexibility index (Phi) is 8.41. The van der Waals surface area contributed by atoms with Crippen molar-refractivity contribution in [2.45, 2.75) is 45.4 Å². The maximum absolute atomic E-state index is 11.8. The van der Waals surface area contributed by atoms with Gasteiger partial charge in [-0.05, 0) is 41.7 Å². The summed E-state index contributed by atoms with van der Waals surface area (Å²) in [6.07, 6.45) is 0.977. The summed E-state index contributed by atoms with van der Waals surface area (Å²) in [6.45, 7) is 6.25. The zero-order valence-corrected chi connectivity index (χ0v) is 17.7. The predicted octanol–water partition coefficient (Wildman–Crippen LogP) is 3.32. The molecule has 0 aliphatic carbocycles. The summed E-state index contributed by atoms with van der Waals surface area (Å²) < 4.78 is 5.44. The van der Waals surface area contributed by atoms with Crippen molar-refractivity contribution in [1.29, 1.82) is 0 Å². The Balaban J connectivity index is 1.65. The van der Waals surface area contributed by atoms with E-state index in [1.807, 2.05) is 30.3 Å². The van der Waals surface area contributed by atoms with Crippen LogP contribution in [0.15, 0.2) is 54.6 Å². The summed E-state index contributed by atoms with van der Waals surface area (Å²) in [7, 11) is 0. The van der Waals surface area contributed by atoms with Crippen molar-refractivity contribution in [3.63, 3.8) is 0 Å². The maximum Gasteiger partial charge on any atom is 0.276 e. The van der Waals surface area contributed by atoms with Crippen LogP contribution in [-0.4, -0.2) is 24.3 Å². The number of benzene rings is 2. The Labute approximate surface area is 177 Å². The number of anilines is 1. The number of amides is 3. The summed E-state index contributed by atoms with van der Waals surface area (Å²) in [5.41, 5.74) is 6.50. The number of hydrazine groups is 1. The average Bonchev–Trinajstić information content (AvgIpc) is 2.75. The molecule has 0 spiro atoms. The molecule has 0 fully saturated rings. The number of ether oxygens (including phenoxy) is 1. The lowest BCUT2D eigenvalue weighted by atomic mass is 9.82. The fourth-order valence-electron chi connectivity index (χ4n) is 2.57. The third-order valence-corrected chi connectivity index (χ3v) is 4.87. The Bertz CT molecular complexity index is 849. The molecule has 160 valence electrons. The number of para-hydroxylation sites is 1. The van der Waals surface area contributed by atoms with E-state index in [0.29, 0.717) is 11.4 Å². The molecule has 7 heteroatoms. The van der Waals surface area contributed by atoms with E-state index in [2.05, 4.69) is 36.9 Å². The van der Waals surface area contributed by atoms with Crippen LogP contribution in [0, 0.1) is 0 Å². The number of hydrogen-bond donors (Lipinski definition) is 3. The van der Waals surface area contributed by atoms with Gasteiger partial charge in [0.1, 0.15) is 5.75 Å². The number of rotatable bonds is 9. The molecule has 0 heterocycles. The standard InChI is InChI=1S/C23H29N3O4/c1-4-23(2,3)17-10-12-19(13-11-17)30-16-22(29)26-25-21(28)15-14-20(27)24-18-8-6-5-7-9-18/h5-13H,4,14-16H2,1-3H3,(H,24,27)(H,25,28)(H,26,29). The van der Waals surface area contributed by atoms with E-state index in [-0.39, 0.29) is 30.8 Å². The Morgan fingerprint density at radius 2 is 1.43 bits per heavy atom. The smallest absolute Gasteiger partial charge is 0.276 e. The molecule has 0 aliphatic heterocycles. The molecule has 0 unspecified atom stereocenters. The van der Waals surface area contributed by atoms with Gasteiger partial charge in [-0.2, -0.15) is 0 Å². The van der Waals surface area contributed by atoms with E-state index < -0.39 is 11.8 Å². The average molecular weight is 412 g/mol. The third-order valence-electron chi connectivity index (χ3n) is 4.87. The Hall–Kier alpha value is -3.35. The molecule has 0 aliphatic rings. The monoisotopic (exact) mass is 411 g/mol. The van der Waals surface area contributed by atoms with Crippen LogP contribution in [0.2, 0.25) is 0 Å². The van der Waals surface area contributed by atoms with Gasteiger partial charge < -0.3 is 10.1 Å². The summed E-state index contributed by atoms with van der Waals surface area (Å²) in [6, 6.07) is 16.6. The van der Waals surface area contributed by atoms with Crippen molar-refractivity contribution in [2.24, 2.45) is 0 Å². The molecular formula is C23H29N3O4. The SMILES string of the molecule is CCC(C)(C)c1ccc(OCC(=O)NNC(=O)CCC(=O)Nc2ccccc2)cc1. The second-order valence-corrected chi connectivity index (χ2v) is 7.56. The molecule has 2 aromatic carbocycles. The lowest BCUT2D eigenvalue weighted by Crippen LogP contribution is -2.44. The van der Waals surface area contributed by atoms with Crippen LogP contribution < -0.4 is 20.9 Å². The topological polar surface area (TPSA) is 96.5 Å². The lowest BCUT2D eigenvalue weighted by Gasteiger charge is -2.23. The Morgan fingerprint density at radius 1 is 0.833 bits per heavy atom. The quantitative estimate of drug-likeness (QED) is 0.552. The molecule has 0 saturated heterocycles. The fraction of sp³-hybridized carbons (Fsp3) is 0.348. The molecular weight excluding hydrogens is 382 g/mol. The molecule has 2 rings (SSSR count). The van der Waals surface area contributed by atoms with E-state index in [0.717, 1.165) is 6.42 Å². The van der Waals surface area contributed by atoms with Gasteiger partial charge in [0.05, 0.1) is 0 Å². The molecule has 0 radical (unpaired) electrons. The first kappa shape index (κ1) is 22.9. The fourth-order valence-corrected chi connectivity index (χ4v) is 2.57. The van der Waals surface area contributed by atoms with Gasteiger partial charge in [-0.1, -0.05) is 51.1 Å². The Morgan fingerprint density at radius 3 is 2.07 bits per heavy atom. The van der Waals surface area contributed by atoms with Crippen LogP contribution in [-0.2, 0) is 19.8 Å². The first-order valence-electron chi connectivity index (χ1n) is 9.96. The van der Waals surface area contributed by atoms with Crippen LogP contribution >= 0.6 is 0 Å². The molecule has 0 saturated carbocycles. The molecule has 30 heavy (non-hydrogen) atoms. The first-order valence-corrected chi connectivity index (χ1v) is 9.96. The number of hydrogen-bond acceptors (Lipinski definition) is 4. The van der Waals surface area contributed by atoms with Crippen molar-refractivity contribution in [1.82, 2.24) is 10.9 Å². The van der Waals surface area contributed by atoms with Crippen molar-refractivity contribution in [3.05, 3.63) is 60.2 Å². The van der Waals surface area contributed by atoms with Crippen molar-refractivity contribution < 1.29 is 19.1 Å². The van der Waals surface area contributed by atoms with Gasteiger partial charge in [0.15, 0.2) is 6.61 Å². The highest BCUT2D eigenvalue weighted by atomic mass is 16.5. The highest BCUT2D eigenvalue weighted by Crippen LogP contribution is 2.27. The maximum atomic E-state index is 11.8. The van der Waals surface area contributed by atoms with Gasteiger partial charge in [0, 0.05) is 18.5 Å². The summed E-state index contributed by atoms with van der Waals surface area (Å²) >= 11 is 0. The van der Waals surface area contributed by atoms with Crippen molar-refractivity contribution in [3.8, 4) is 5.75 Å². The summed E-state index contributed by atoms with van der Waals surface area (Å²) in [5, 5.41) is 2.69. The second-order valence-electron chi connectivity index (χ2n) is 7.56. The van der Waals surface area contributed by atoms with E-state index in [1.54, 1.807) is 24.3 Å². The predicted molar refractivity (Wildman–Crippen MR) is 116 cm³/mol. The van der Waals surface area contributed by atoms with Crippen LogP contribution in [0.3, 0.4) is 0 Å². The van der Waals surface area contributed by atoms with E-state index >= 15 is 0 Å². The number of carbonyl (C=O) groups is 3. The lowest BCUT2D eigenvalue weighted by molar-refractivity contribution is -0.130. The molecule has 0 atom stereocenters. The summed E-state index contributed by atoms with van der Waals surface area (Å²) in [5.74, 6) is -0.654. The summed E-state index contributed by atoms with van der Waals surface area (Å²) in [4.78, 5) is 35.5. The number of nitrogens with one attached hydrogen (secondary N) is 3. The van der Waals surface area contributed by atoms with Gasteiger partial charge in [-0.25, -0.2) is 0 Å². The molecule has 7 nitrogen and oxygen atoms in total. The minimum Gasteiger partial charge on any atom is -0.484 e. The van der Waals surface area contributed by atoms with Gasteiger partial charge in [-0.3, -0.25) is 25.2 Å². The zero-order valence-electron chi connectivity index (χ0n) is 17.7. The van der Waals surface area contributed by atoms with Gasteiger partial charge in [0.2, 0.25) is 11.8 Å². The normalized spacial score (nSPS) is 10.8. The number of carbonyl (C=O) groups excluding carboxylic acids is 3. The van der Waals surface area contributed by atoms with E-state index in [1.165, 1.54) is 5.56 Å². The minimum atomic E-state index is -0.491. The minimum absolute atomic E-state index is 0.00750. The van der Waals surface area contributed by atoms with Crippen LogP contribution in [0.5, 0.6) is 5.75 Å². The molecule has 0 aromatic heterocycles. The third kappa shape index (κ3) is 7.58.